The van der Waals surface area contributed by atoms with Gasteiger partial charge in [0, 0.05) is 13.1 Å². The second kappa shape index (κ2) is 7.81. The van der Waals surface area contributed by atoms with E-state index in [1.807, 2.05) is 18.7 Å². The molecule has 1 aliphatic heterocycles. The molecule has 0 aromatic heterocycles. The smallest absolute Gasteiger partial charge is 0.306 e. The van der Waals surface area contributed by atoms with Gasteiger partial charge in [0.1, 0.15) is 5.41 Å². The minimum atomic E-state index is -0.821. The summed E-state index contributed by atoms with van der Waals surface area (Å²) in [5.41, 5.74) is -0.821. The van der Waals surface area contributed by atoms with Gasteiger partial charge in [-0.3, -0.25) is 9.59 Å². The lowest BCUT2D eigenvalue weighted by molar-refractivity contribution is -0.151. The fourth-order valence-corrected chi connectivity index (χ4v) is 3.79. The summed E-state index contributed by atoms with van der Waals surface area (Å²) in [6, 6.07) is 2.31. The van der Waals surface area contributed by atoms with Gasteiger partial charge in [-0.25, -0.2) is 0 Å². The molecule has 0 spiro atoms. The number of carbonyl (C=O) groups excluding carboxylic acids is 2. The molecule has 0 unspecified atom stereocenters. The first kappa shape index (κ1) is 17.8. The highest BCUT2D eigenvalue weighted by Gasteiger charge is 2.43. The van der Waals surface area contributed by atoms with Crippen LogP contribution >= 0.6 is 0 Å². The minimum Gasteiger partial charge on any atom is -0.463 e. The molecule has 128 valence electrons. The van der Waals surface area contributed by atoms with E-state index >= 15 is 0 Å². The molecule has 2 aliphatic rings. The van der Waals surface area contributed by atoms with E-state index in [0.717, 1.165) is 32.1 Å². The molecular formula is C18H28N2O3. The fraction of sp³-hybridized carbons (Fsp3) is 0.833. The fourth-order valence-electron chi connectivity index (χ4n) is 3.79. The van der Waals surface area contributed by atoms with Crippen LogP contribution in [0.15, 0.2) is 0 Å². The summed E-state index contributed by atoms with van der Waals surface area (Å²) < 4.78 is 5.21. The summed E-state index contributed by atoms with van der Waals surface area (Å²) >= 11 is 0. The van der Waals surface area contributed by atoms with Gasteiger partial charge in [0.2, 0.25) is 5.91 Å². The molecule has 5 nitrogen and oxygen atoms in total. The molecule has 5 heteroatoms. The minimum absolute atomic E-state index is 0.0124. The van der Waals surface area contributed by atoms with E-state index in [4.69, 9.17) is 4.74 Å². The Morgan fingerprint density at radius 1 is 1.26 bits per heavy atom. The number of ether oxygens (including phenoxy) is 1. The number of amides is 1. The lowest BCUT2D eigenvalue weighted by atomic mass is 9.73. The highest BCUT2D eigenvalue weighted by atomic mass is 16.5. The first-order valence-electron chi connectivity index (χ1n) is 8.87. The van der Waals surface area contributed by atoms with E-state index in [1.165, 1.54) is 0 Å². The van der Waals surface area contributed by atoms with Crippen molar-refractivity contribution >= 4 is 11.9 Å². The lowest BCUT2D eigenvalue weighted by Crippen LogP contribution is -2.48. The molecule has 1 atom stereocenters. The van der Waals surface area contributed by atoms with Gasteiger partial charge in [0.25, 0.3) is 0 Å². The Morgan fingerprint density at radius 3 is 2.57 bits per heavy atom. The van der Waals surface area contributed by atoms with Crippen LogP contribution in [-0.4, -0.2) is 36.0 Å². The Kier molecular flexibility index (Phi) is 6.04. The van der Waals surface area contributed by atoms with Gasteiger partial charge >= 0.3 is 5.97 Å². The summed E-state index contributed by atoms with van der Waals surface area (Å²) in [6.07, 6.45) is 6.48. The van der Waals surface area contributed by atoms with E-state index in [0.29, 0.717) is 32.4 Å². The first-order valence-corrected chi connectivity index (χ1v) is 8.87. The van der Waals surface area contributed by atoms with Crippen LogP contribution in [0.3, 0.4) is 0 Å². The number of piperidine rings is 1. The topological polar surface area (TPSA) is 70.4 Å². The van der Waals surface area contributed by atoms with Crippen LogP contribution in [0.1, 0.15) is 65.2 Å². The largest absolute Gasteiger partial charge is 0.463 e. The molecular weight excluding hydrogens is 292 g/mol. The standard InChI is InChI=1S/C18H28N2O3/c1-14(2)23-16(21)11-15-7-6-10-20(12-15)17(22)18(13-19)8-4-3-5-9-18/h14-15H,3-12H2,1-2H3/t15-/m1/s1. The van der Waals surface area contributed by atoms with Crippen molar-refractivity contribution in [3.8, 4) is 6.07 Å². The molecule has 23 heavy (non-hydrogen) atoms. The number of esters is 1. The molecule has 0 aromatic rings. The molecule has 1 saturated heterocycles. The first-order chi connectivity index (χ1) is 11.0. The van der Waals surface area contributed by atoms with E-state index < -0.39 is 5.41 Å². The van der Waals surface area contributed by atoms with Crippen LogP contribution in [0, 0.1) is 22.7 Å². The van der Waals surface area contributed by atoms with Crippen molar-refractivity contribution < 1.29 is 14.3 Å². The van der Waals surface area contributed by atoms with Crippen molar-refractivity contribution in [3.63, 3.8) is 0 Å². The van der Waals surface area contributed by atoms with Crippen molar-refractivity contribution in [2.75, 3.05) is 13.1 Å². The van der Waals surface area contributed by atoms with Crippen molar-refractivity contribution in [3.05, 3.63) is 0 Å². The third-order valence-corrected chi connectivity index (χ3v) is 4.96. The maximum absolute atomic E-state index is 12.9. The normalized spacial score (nSPS) is 24.1. The van der Waals surface area contributed by atoms with Gasteiger partial charge < -0.3 is 9.64 Å². The maximum Gasteiger partial charge on any atom is 0.306 e. The van der Waals surface area contributed by atoms with Crippen molar-refractivity contribution in [2.45, 2.75) is 71.3 Å². The molecule has 0 aromatic carbocycles. The third-order valence-electron chi connectivity index (χ3n) is 4.96. The Morgan fingerprint density at radius 2 is 1.96 bits per heavy atom. The summed E-state index contributed by atoms with van der Waals surface area (Å²) in [7, 11) is 0. The average Bonchev–Trinajstić information content (AvgIpc) is 2.54. The predicted molar refractivity (Wildman–Crippen MR) is 86.3 cm³/mol. The van der Waals surface area contributed by atoms with E-state index in [2.05, 4.69) is 6.07 Å². The van der Waals surface area contributed by atoms with E-state index in [9.17, 15) is 14.9 Å². The number of nitrogens with zero attached hydrogens (tertiary/aromatic N) is 2. The van der Waals surface area contributed by atoms with Gasteiger partial charge in [-0.15, -0.1) is 0 Å². The Labute approximate surface area is 139 Å². The van der Waals surface area contributed by atoms with Crippen LogP contribution in [0.4, 0.5) is 0 Å². The zero-order valence-electron chi connectivity index (χ0n) is 14.3. The number of nitriles is 1. The molecule has 2 fully saturated rings. The summed E-state index contributed by atoms with van der Waals surface area (Å²) in [6.45, 7) is 4.97. The van der Waals surface area contributed by atoms with Crippen molar-refractivity contribution in [1.29, 1.82) is 5.26 Å². The van der Waals surface area contributed by atoms with Crippen LogP contribution in [0.25, 0.3) is 0 Å². The van der Waals surface area contributed by atoms with Gasteiger partial charge in [-0.2, -0.15) is 5.26 Å². The van der Waals surface area contributed by atoms with Gasteiger partial charge in [0.05, 0.1) is 18.6 Å². The van der Waals surface area contributed by atoms with Crippen molar-refractivity contribution in [2.24, 2.45) is 11.3 Å². The predicted octanol–water partition coefficient (Wildman–Crippen LogP) is 3.04. The Bertz CT molecular complexity index is 475. The summed E-state index contributed by atoms with van der Waals surface area (Å²) in [5.74, 6) is -0.0492. The van der Waals surface area contributed by atoms with Gasteiger partial charge in [-0.05, 0) is 45.4 Å². The number of likely N-dealkylation sites (tertiary alicyclic amines) is 1. The maximum atomic E-state index is 12.9. The summed E-state index contributed by atoms with van der Waals surface area (Å²) in [4.78, 5) is 26.6. The Balaban J connectivity index is 1.96. The molecule has 1 aliphatic carbocycles. The van der Waals surface area contributed by atoms with E-state index in [1.54, 1.807) is 0 Å². The SMILES string of the molecule is CC(C)OC(=O)C[C@H]1CCCN(C(=O)C2(C#N)CCCCC2)C1. The average molecular weight is 320 g/mol. The van der Waals surface area contributed by atoms with Crippen LogP contribution < -0.4 is 0 Å². The van der Waals surface area contributed by atoms with E-state index in [-0.39, 0.29) is 23.9 Å². The lowest BCUT2D eigenvalue weighted by Gasteiger charge is -2.39. The van der Waals surface area contributed by atoms with Crippen LogP contribution in [-0.2, 0) is 14.3 Å². The zero-order chi connectivity index (χ0) is 16.9. The van der Waals surface area contributed by atoms with Crippen molar-refractivity contribution in [1.82, 2.24) is 4.90 Å². The number of carbonyl (C=O) groups is 2. The monoisotopic (exact) mass is 320 g/mol. The molecule has 0 N–H and O–H groups in total. The second-order valence-corrected chi connectivity index (χ2v) is 7.26. The summed E-state index contributed by atoms with van der Waals surface area (Å²) in [5, 5.41) is 9.58. The molecule has 2 rings (SSSR count). The zero-order valence-corrected chi connectivity index (χ0v) is 14.3. The highest BCUT2D eigenvalue weighted by molar-refractivity contribution is 5.85. The quantitative estimate of drug-likeness (QED) is 0.747. The highest BCUT2D eigenvalue weighted by Crippen LogP contribution is 2.38. The number of hydrogen-bond acceptors (Lipinski definition) is 4. The van der Waals surface area contributed by atoms with Crippen LogP contribution in [0.2, 0.25) is 0 Å². The third kappa shape index (κ3) is 4.46. The van der Waals surface area contributed by atoms with Gasteiger partial charge in [-0.1, -0.05) is 19.3 Å². The van der Waals surface area contributed by atoms with Gasteiger partial charge in [0.15, 0.2) is 0 Å². The molecule has 1 saturated carbocycles. The number of hydrogen-bond donors (Lipinski definition) is 0. The molecule has 1 amide bonds. The molecule has 1 heterocycles. The molecule has 0 bridgehead atoms. The number of rotatable bonds is 4. The van der Waals surface area contributed by atoms with Crippen LogP contribution in [0.5, 0.6) is 0 Å². The second-order valence-electron chi connectivity index (χ2n) is 7.26. The molecule has 0 radical (unpaired) electrons. The Hall–Kier alpha value is -1.57.